The normalized spacial score (nSPS) is 24.2. The van der Waals surface area contributed by atoms with Crippen molar-refractivity contribution < 1.29 is 9.53 Å². The summed E-state index contributed by atoms with van der Waals surface area (Å²) in [6, 6.07) is 4.86. The van der Waals surface area contributed by atoms with Gasteiger partial charge in [0, 0.05) is 6.04 Å². The number of halogens is 2. The van der Waals surface area contributed by atoms with E-state index >= 15 is 0 Å². The molecule has 1 aromatic rings. The Kier molecular flexibility index (Phi) is 8.05. The van der Waals surface area contributed by atoms with Gasteiger partial charge in [-0.25, -0.2) is 0 Å². The highest BCUT2D eigenvalue weighted by Gasteiger charge is 2.39. The van der Waals surface area contributed by atoms with Crippen molar-refractivity contribution in [3.05, 3.63) is 29.7 Å². The van der Waals surface area contributed by atoms with E-state index in [4.69, 9.17) is 9.73 Å². The van der Waals surface area contributed by atoms with Crippen LogP contribution in [-0.2, 0) is 4.79 Å². The van der Waals surface area contributed by atoms with Crippen LogP contribution in [0.3, 0.4) is 0 Å². The zero-order valence-corrected chi connectivity index (χ0v) is 22.5. The Morgan fingerprint density at radius 3 is 2.23 bits per heavy atom. The molecule has 3 aliphatic rings. The van der Waals surface area contributed by atoms with E-state index in [2.05, 4.69) is 57.3 Å². The second-order valence-corrected chi connectivity index (χ2v) is 11.6. The second-order valence-electron chi connectivity index (χ2n) is 8.30. The van der Waals surface area contributed by atoms with Crippen LogP contribution in [0, 0.1) is 7.14 Å². The van der Waals surface area contributed by atoms with E-state index in [9.17, 15) is 4.79 Å². The number of carbonyl (C=O) groups is 1. The highest BCUT2D eigenvalue weighted by Crippen LogP contribution is 2.39. The van der Waals surface area contributed by atoms with Crippen molar-refractivity contribution in [1.29, 1.82) is 0 Å². The summed E-state index contributed by atoms with van der Waals surface area (Å²) in [6.07, 6.45) is 14.1. The van der Waals surface area contributed by atoms with Gasteiger partial charge in [0.2, 0.25) is 0 Å². The summed E-state index contributed by atoms with van der Waals surface area (Å²) in [6.45, 7) is 0. The predicted octanol–water partition coefficient (Wildman–Crippen LogP) is 6.84. The summed E-state index contributed by atoms with van der Waals surface area (Å²) in [5.74, 6) is 1.04. The Bertz CT molecular complexity index is 836. The molecule has 4 nitrogen and oxygen atoms in total. The first-order valence-corrected chi connectivity index (χ1v) is 13.9. The molecule has 0 aromatic heterocycles. The van der Waals surface area contributed by atoms with Gasteiger partial charge in [-0.15, -0.1) is 0 Å². The molecule has 1 aliphatic heterocycles. The van der Waals surface area contributed by atoms with E-state index in [1.165, 1.54) is 38.5 Å². The molecule has 0 bridgehead atoms. The van der Waals surface area contributed by atoms with Gasteiger partial charge in [0.25, 0.3) is 5.91 Å². The summed E-state index contributed by atoms with van der Waals surface area (Å²) in [5, 5.41) is 0.947. The molecule has 1 saturated heterocycles. The zero-order chi connectivity index (χ0) is 21.1. The standard InChI is InChI=1S/C23H28I2N2O2S/c1-29-21-18(24)12-15(13-19(21)25)14-20-22(28)27(17-10-6-3-7-11-17)23(30-20)26-16-8-4-2-5-9-16/h12-14,16-17H,2-11H2,1H3. The minimum Gasteiger partial charge on any atom is -0.495 e. The third-order valence-electron chi connectivity index (χ3n) is 6.17. The fourth-order valence-corrected chi connectivity index (χ4v) is 7.98. The van der Waals surface area contributed by atoms with Crippen LogP contribution in [0.15, 0.2) is 22.0 Å². The average molecular weight is 650 g/mol. The Labute approximate surface area is 211 Å². The summed E-state index contributed by atoms with van der Waals surface area (Å²) >= 11 is 6.18. The molecule has 2 aliphatic carbocycles. The maximum absolute atomic E-state index is 13.5. The molecule has 1 amide bonds. The van der Waals surface area contributed by atoms with Crippen LogP contribution in [0.5, 0.6) is 5.75 Å². The molecule has 1 aromatic carbocycles. The lowest BCUT2D eigenvalue weighted by atomic mass is 9.94. The number of amides is 1. The quantitative estimate of drug-likeness (QED) is 0.265. The number of hydrogen-bond acceptors (Lipinski definition) is 4. The largest absolute Gasteiger partial charge is 0.495 e. The third kappa shape index (κ3) is 5.19. The molecule has 0 radical (unpaired) electrons. The Morgan fingerprint density at radius 2 is 1.63 bits per heavy atom. The van der Waals surface area contributed by atoms with Gasteiger partial charge in [0.15, 0.2) is 5.17 Å². The maximum Gasteiger partial charge on any atom is 0.266 e. The third-order valence-corrected chi connectivity index (χ3v) is 8.77. The number of carbonyl (C=O) groups excluding carboxylic acids is 1. The monoisotopic (exact) mass is 650 g/mol. The van der Waals surface area contributed by atoms with Crippen molar-refractivity contribution in [2.24, 2.45) is 4.99 Å². The molecular weight excluding hydrogens is 622 g/mol. The first kappa shape index (κ1) is 22.9. The smallest absolute Gasteiger partial charge is 0.266 e. The van der Waals surface area contributed by atoms with E-state index in [1.807, 2.05) is 11.0 Å². The summed E-state index contributed by atoms with van der Waals surface area (Å²) < 4.78 is 7.60. The van der Waals surface area contributed by atoms with Crippen LogP contribution >= 0.6 is 56.9 Å². The Hall–Kier alpha value is -0.290. The molecule has 30 heavy (non-hydrogen) atoms. The topological polar surface area (TPSA) is 41.9 Å². The van der Waals surface area contributed by atoms with Gasteiger partial charge >= 0.3 is 0 Å². The van der Waals surface area contributed by atoms with Crippen LogP contribution in [0.1, 0.15) is 69.8 Å². The van der Waals surface area contributed by atoms with Gasteiger partial charge in [-0.05, 0) is 106 Å². The summed E-state index contributed by atoms with van der Waals surface area (Å²) in [5.41, 5.74) is 1.04. The number of methoxy groups -OCH3 is 1. The van der Waals surface area contributed by atoms with Crippen LogP contribution in [-0.4, -0.2) is 35.2 Å². The Morgan fingerprint density at radius 1 is 1.03 bits per heavy atom. The minimum atomic E-state index is 0.141. The van der Waals surface area contributed by atoms with E-state index in [1.54, 1.807) is 18.9 Å². The number of nitrogens with zero attached hydrogens (tertiary/aromatic N) is 2. The van der Waals surface area contributed by atoms with Crippen molar-refractivity contribution in [1.82, 2.24) is 4.90 Å². The molecule has 0 N–H and O–H groups in total. The molecular formula is C23H28I2N2O2S. The molecule has 3 fully saturated rings. The number of hydrogen-bond donors (Lipinski definition) is 0. The van der Waals surface area contributed by atoms with Crippen molar-refractivity contribution in [3.8, 4) is 5.75 Å². The zero-order valence-electron chi connectivity index (χ0n) is 17.3. The maximum atomic E-state index is 13.5. The number of rotatable bonds is 4. The lowest BCUT2D eigenvalue weighted by Gasteiger charge is -2.31. The number of benzene rings is 1. The fraction of sp³-hybridized carbons (Fsp3) is 0.565. The molecule has 7 heteroatoms. The lowest BCUT2D eigenvalue weighted by molar-refractivity contribution is -0.124. The minimum absolute atomic E-state index is 0.141. The number of ether oxygens (including phenoxy) is 1. The van der Waals surface area contributed by atoms with E-state index in [0.717, 1.165) is 54.2 Å². The van der Waals surface area contributed by atoms with Crippen molar-refractivity contribution in [3.63, 3.8) is 0 Å². The fourth-order valence-electron chi connectivity index (χ4n) is 4.61. The van der Waals surface area contributed by atoms with Gasteiger partial charge in [0.1, 0.15) is 5.75 Å². The molecule has 162 valence electrons. The van der Waals surface area contributed by atoms with Gasteiger partial charge in [-0.2, -0.15) is 0 Å². The number of amidine groups is 1. The molecule has 2 saturated carbocycles. The first-order valence-electron chi connectivity index (χ1n) is 10.9. The van der Waals surface area contributed by atoms with Crippen molar-refractivity contribution >= 4 is 74.1 Å². The van der Waals surface area contributed by atoms with Crippen LogP contribution in [0.25, 0.3) is 6.08 Å². The first-order chi connectivity index (χ1) is 14.6. The molecule has 0 atom stereocenters. The van der Waals surface area contributed by atoms with E-state index in [-0.39, 0.29) is 5.91 Å². The van der Waals surface area contributed by atoms with Crippen molar-refractivity contribution in [2.75, 3.05) is 7.11 Å². The van der Waals surface area contributed by atoms with Gasteiger partial charge < -0.3 is 4.74 Å². The molecule has 4 rings (SSSR count). The van der Waals surface area contributed by atoms with Gasteiger partial charge in [0.05, 0.1) is 25.2 Å². The van der Waals surface area contributed by atoms with E-state index < -0.39 is 0 Å². The lowest BCUT2D eigenvalue weighted by Crippen LogP contribution is -2.41. The molecule has 0 spiro atoms. The van der Waals surface area contributed by atoms with Crippen LogP contribution in [0.2, 0.25) is 0 Å². The predicted molar refractivity (Wildman–Crippen MR) is 142 cm³/mol. The Balaban J connectivity index is 1.65. The summed E-state index contributed by atoms with van der Waals surface area (Å²) in [4.78, 5) is 21.4. The number of aliphatic imine (C=N–C) groups is 1. The van der Waals surface area contributed by atoms with Gasteiger partial charge in [-0.3, -0.25) is 14.7 Å². The van der Waals surface area contributed by atoms with Crippen molar-refractivity contribution in [2.45, 2.75) is 76.3 Å². The number of thioether (sulfide) groups is 1. The second kappa shape index (κ2) is 10.6. The highest BCUT2D eigenvalue weighted by atomic mass is 127. The molecule has 0 unspecified atom stereocenters. The highest BCUT2D eigenvalue weighted by molar-refractivity contribution is 14.1. The van der Waals surface area contributed by atoms with Gasteiger partial charge in [-0.1, -0.05) is 38.5 Å². The summed E-state index contributed by atoms with van der Waals surface area (Å²) in [7, 11) is 1.70. The van der Waals surface area contributed by atoms with Crippen LogP contribution < -0.4 is 4.74 Å². The molecule has 1 heterocycles. The van der Waals surface area contributed by atoms with Crippen LogP contribution in [0.4, 0.5) is 0 Å². The van der Waals surface area contributed by atoms with E-state index in [0.29, 0.717) is 12.1 Å². The average Bonchev–Trinajstić information content (AvgIpc) is 3.04. The SMILES string of the molecule is COc1c(I)cc(C=C2SC(=NC3CCCCC3)N(C3CCCCC3)C2=O)cc1I.